The van der Waals surface area contributed by atoms with Crippen LogP contribution < -0.4 is 0 Å². The van der Waals surface area contributed by atoms with Crippen LogP contribution >= 0.6 is 24.4 Å². The molecule has 0 aromatic heterocycles. The van der Waals surface area contributed by atoms with Crippen molar-refractivity contribution in [2.45, 2.75) is 38.4 Å². The van der Waals surface area contributed by atoms with Gasteiger partial charge in [-0.3, -0.25) is 0 Å². The Morgan fingerprint density at radius 2 is 2.27 bits per heavy atom. The van der Waals surface area contributed by atoms with Crippen LogP contribution in [0, 0.1) is 5.92 Å². The van der Waals surface area contributed by atoms with Gasteiger partial charge in [0, 0.05) is 24.1 Å². The number of hydrogen-bond donors (Lipinski definition) is 1. The van der Waals surface area contributed by atoms with Crippen molar-refractivity contribution in [3.8, 4) is 0 Å². The zero-order valence-corrected chi connectivity index (χ0v) is 11.8. The van der Waals surface area contributed by atoms with E-state index >= 15 is 0 Å². The van der Waals surface area contributed by atoms with Gasteiger partial charge in [-0.2, -0.15) is 24.4 Å². The van der Waals surface area contributed by atoms with Gasteiger partial charge in [-0.15, -0.1) is 0 Å². The number of thiol groups is 1. The van der Waals surface area contributed by atoms with Crippen molar-refractivity contribution < 1.29 is 0 Å². The van der Waals surface area contributed by atoms with Crippen molar-refractivity contribution in [1.82, 2.24) is 4.90 Å². The van der Waals surface area contributed by atoms with E-state index in [0.717, 1.165) is 16.9 Å². The normalized spacial score (nSPS) is 25.4. The summed E-state index contributed by atoms with van der Waals surface area (Å²) in [5.74, 6) is 3.21. The second-order valence-electron chi connectivity index (χ2n) is 4.61. The average Bonchev–Trinajstić information content (AvgIpc) is 2.27. The van der Waals surface area contributed by atoms with E-state index in [4.69, 9.17) is 0 Å². The Morgan fingerprint density at radius 1 is 1.47 bits per heavy atom. The number of rotatable bonds is 6. The molecule has 0 aromatic carbocycles. The Labute approximate surface area is 105 Å². The molecule has 1 fully saturated rings. The summed E-state index contributed by atoms with van der Waals surface area (Å²) in [5, 5.41) is 0.888. The summed E-state index contributed by atoms with van der Waals surface area (Å²) >= 11 is 6.45. The SMILES string of the molecule is CCC1CN(CCC(C)CCS)CCS1. The monoisotopic (exact) mass is 247 g/mol. The van der Waals surface area contributed by atoms with Crippen molar-refractivity contribution in [2.24, 2.45) is 5.92 Å². The molecule has 0 N–H and O–H groups in total. The first-order valence-corrected chi connectivity index (χ1v) is 7.89. The van der Waals surface area contributed by atoms with Gasteiger partial charge in [0.15, 0.2) is 0 Å². The molecule has 0 radical (unpaired) electrons. The third kappa shape index (κ3) is 5.50. The maximum atomic E-state index is 4.29. The molecule has 1 aliphatic heterocycles. The fourth-order valence-electron chi connectivity index (χ4n) is 2.00. The zero-order valence-electron chi connectivity index (χ0n) is 10.1. The molecule has 0 aliphatic carbocycles. The Kier molecular flexibility index (Phi) is 7.19. The molecule has 1 rings (SSSR count). The summed E-state index contributed by atoms with van der Waals surface area (Å²) in [6.07, 6.45) is 3.94. The van der Waals surface area contributed by atoms with Crippen LogP contribution in [0.2, 0.25) is 0 Å². The predicted octanol–water partition coefficient (Wildman–Crippen LogP) is 3.16. The molecule has 2 atom stereocenters. The Hall–Kier alpha value is 0.660. The van der Waals surface area contributed by atoms with Gasteiger partial charge in [0.2, 0.25) is 0 Å². The Balaban J connectivity index is 2.14. The molecule has 0 aromatic rings. The minimum Gasteiger partial charge on any atom is -0.301 e. The molecule has 0 spiro atoms. The molecule has 90 valence electrons. The van der Waals surface area contributed by atoms with E-state index in [2.05, 4.69) is 43.1 Å². The van der Waals surface area contributed by atoms with Crippen LogP contribution in [0.1, 0.15) is 33.1 Å². The van der Waals surface area contributed by atoms with Crippen molar-refractivity contribution >= 4 is 24.4 Å². The lowest BCUT2D eigenvalue weighted by Crippen LogP contribution is -2.38. The lowest BCUT2D eigenvalue weighted by Gasteiger charge is -2.32. The van der Waals surface area contributed by atoms with Crippen molar-refractivity contribution in [3.05, 3.63) is 0 Å². The van der Waals surface area contributed by atoms with Crippen LogP contribution in [0.4, 0.5) is 0 Å². The molecule has 1 aliphatic rings. The van der Waals surface area contributed by atoms with Gasteiger partial charge in [0.25, 0.3) is 0 Å². The molecule has 2 unspecified atom stereocenters. The van der Waals surface area contributed by atoms with Gasteiger partial charge in [-0.1, -0.05) is 13.8 Å². The highest BCUT2D eigenvalue weighted by atomic mass is 32.2. The van der Waals surface area contributed by atoms with Crippen LogP contribution in [0.25, 0.3) is 0 Å². The maximum Gasteiger partial charge on any atom is 0.0172 e. The minimum atomic E-state index is 0.845. The van der Waals surface area contributed by atoms with E-state index in [1.807, 2.05) is 0 Å². The molecule has 15 heavy (non-hydrogen) atoms. The summed E-state index contributed by atoms with van der Waals surface area (Å²) < 4.78 is 0. The highest BCUT2D eigenvalue weighted by Gasteiger charge is 2.18. The maximum absolute atomic E-state index is 4.29. The van der Waals surface area contributed by atoms with Crippen molar-refractivity contribution in [1.29, 1.82) is 0 Å². The summed E-state index contributed by atoms with van der Waals surface area (Å²) in [7, 11) is 0. The highest BCUT2D eigenvalue weighted by Crippen LogP contribution is 2.21. The number of hydrogen-bond acceptors (Lipinski definition) is 3. The van der Waals surface area contributed by atoms with Gasteiger partial charge < -0.3 is 4.90 Å². The number of thioether (sulfide) groups is 1. The molecular formula is C12H25NS2. The quantitative estimate of drug-likeness (QED) is 0.718. The fraction of sp³-hybridized carbons (Fsp3) is 1.00. The summed E-state index contributed by atoms with van der Waals surface area (Å²) in [5.41, 5.74) is 0. The molecule has 1 heterocycles. The van der Waals surface area contributed by atoms with Gasteiger partial charge in [-0.05, 0) is 37.5 Å². The summed E-state index contributed by atoms with van der Waals surface area (Å²) in [4.78, 5) is 2.65. The summed E-state index contributed by atoms with van der Waals surface area (Å²) in [6, 6.07) is 0. The molecule has 0 amide bonds. The predicted molar refractivity (Wildman–Crippen MR) is 75.2 cm³/mol. The largest absolute Gasteiger partial charge is 0.301 e. The standard InChI is InChI=1S/C12H25NS2/c1-3-12-10-13(7-9-15-12)6-4-11(2)5-8-14/h11-12,14H,3-10H2,1-2H3. The second kappa shape index (κ2) is 7.86. The van der Waals surface area contributed by atoms with E-state index in [-0.39, 0.29) is 0 Å². The van der Waals surface area contributed by atoms with Crippen LogP contribution in [-0.2, 0) is 0 Å². The lowest BCUT2D eigenvalue weighted by molar-refractivity contribution is 0.260. The topological polar surface area (TPSA) is 3.24 Å². The molecule has 0 saturated carbocycles. The Morgan fingerprint density at radius 3 is 2.93 bits per heavy atom. The van der Waals surface area contributed by atoms with E-state index in [1.165, 1.54) is 44.6 Å². The zero-order chi connectivity index (χ0) is 11.1. The van der Waals surface area contributed by atoms with E-state index < -0.39 is 0 Å². The Bertz CT molecular complexity index is 164. The molecule has 0 bridgehead atoms. The fourth-order valence-corrected chi connectivity index (χ4v) is 3.69. The van der Waals surface area contributed by atoms with Crippen LogP contribution in [0.5, 0.6) is 0 Å². The van der Waals surface area contributed by atoms with E-state index in [9.17, 15) is 0 Å². The van der Waals surface area contributed by atoms with Crippen LogP contribution in [0.3, 0.4) is 0 Å². The van der Waals surface area contributed by atoms with Crippen molar-refractivity contribution in [3.63, 3.8) is 0 Å². The highest BCUT2D eigenvalue weighted by molar-refractivity contribution is 8.00. The molecule has 1 saturated heterocycles. The van der Waals surface area contributed by atoms with Gasteiger partial charge >= 0.3 is 0 Å². The minimum absolute atomic E-state index is 0.845. The first-order valence-electron chi connectivity index (χ1n) is 6.21. The van der Waals surface area contributed by atoms with Crippen molar-refractivity contribution in [2.75, 3.05) is 31.1 Å². The average molecular weight is 247 g/mol. The van der Waals surface area contributed by atoms with Crippen LogP contribution in [0.15, 0.2) is 0 Å². The first-order chi connectivity index (χ1) is 7.26. The molecule has 1 nitrogen and oxygen atoms in total. The number of nitrogens with zero attached hydrogens (tertiary/aromatic N) is 1. The van der Waals surface area contributed by atoms with Crippen LogP contribution in [-0.4, -0.2) is 41.3 Å². The molecule has 3 heteroatoms. The second-order valence-corrected chi connectivity index (χ2v) is 6.46. The van der Waals surface area contributed by atoms with E-state index in [0.29, 0.717) is 0 Å². The third-order valence-corrected chi connectivity index (χ3v) is 4.87. The molecular weight excluding hydrogens is 222 g/mol. The van der Waals surface area contributed by atoms with Gasteiger partial charge in [-0.25, -0.2) is 0 Å². The first kappa shape index (κ1) is 13.7. The smallest absolute Gasteiger partial charge is 0.0172 e. The van der Waals surface area contributed by atoms with E-state index in [1.54, 1.807) is 0 Å². The summed E-state index contributed by atoms with van der Waals surface area (Å²) in [6.45, 7) is 8.58. The lowest BCUT2D eigenvalue weighted by atomic mass is 10.0. The van der Waals surface area contributed by atoms with Gasteiger partial charge in [0.1, 0.15) is 0 Å². The van der Waals surface area contributed by atoms with Gasteiger partial charge in [0.05, 0.1) is 0 Å². The third-order valence-electron chi connectivity index (χ3n) is 3.24.